The van der Waals surface area contributed by atoms with Crippen LogP contribution in [-0.4, -0.2) is 52.4 Å². The Hall–Kier alpha value is -2.87. The Morgan fingerprint density at radius 2 is 1.92 bits per heavy atom. The van der Waals surface area contributed by atoms with Crippen molar-refractivity contribution in [1.29, 1.82) is 0 Å². The van der Waals surface area contributed by atoms with Gasteiger partial charge in [-0.05, 0) is 18.2 Å². The van der Waals surface area contributed by atoms with E-state index in [0.717, 1.165) is 31.9 Å². The highest BCUT2D eigenvalue weighted by Gasteiger charge is 2.20. The summed E-state index contributed by atoms with van der Waals surface area (Å²) in [6, 6.07) is 6.37. The minimum Gasteiger partial charge on any atom is -0.432 e. The number of hydrogen-bond acceptors (Lipinski definition) is 7. The van der Waals surface area contributed by atoms with Gasteiger partial charge in [0.05, 0.1) is 36.6 Å². The maximum atomic E-state index is 12.4. The summed E-state index contributed by atoms with van der Waals surface area (Å²) in [5.41, 5.74) is 1.59. The molecule has 1 aliphatic rings. The molecule has 25 heavy (non-hydrogen) atoms. The molecule has 130 valence electrons. The first-order valence-corrected chi connectivity index (χ1v) is 8.26. The van der Waals surface area contributed by atoms with Crippen molar-refractivity contribution in [2.24, 2.45) is 0 Å². The molecule has 0 amide bonds. The first-order chi connectivity index (χ1) is 12.3. The van der Waals surface area contributed by atoms with Crippen molar-refractivity contribution in [1.82, 2.24) is 14.5 Å². The molecule has 0 atom stereocenters. The summed E-state index contributed by atoms with van der Waals surface area (Å²) >= 11 is 0. The molecule has 3 aromatic rings. The fourth-order valence-corrected chi connectivity index (χ4v) is 3.14. The normalized spacial score (nSPS) is 15.1. The van der Waals surface area contributed by atoms with E-state index in [4.69, 9.17) is 9.52 Å². The van der Waals surface area contributed by atoms with Gasteiger partial charge in [0.2, 0.25) is 0 Å². The zero-order chi connectivity index (χ0) is 17.2. The van der Waals surface area contributed by atoms with Crippen LogP contribution >= 0.6 is 0 Å². The summed E-state index contributed by atoms with van der Waals surface area (Å²) in [6.07, 6.45) is 4.73. The lowest BCUT2D eigenvalue weighted by Gasteiger charge is -2.35. The van der Waals surface area contributed by atoms with Crippen molar-refractivity contribution in [2.45, 2.75) is 6.54 Å². The Morgan fingerprint density at radius 3 is 2.64 bits per heavy atom. The molecule has 1 N–H and O–H groups in total. The number of aliphatic hydroxyl groups excluding tert-OH is 1. The lowest BCUT2D eigenvalue weighted by molar-refractivity contribution is 0.274. The van der Waals surface area contributed by atoms with E-state index in [1.165, 1.54) is 10.9 Å². The molecular weight excluding hydrogens is 322 g/mol. The van der Waals surface area contributed by atoms with Crippen molar-refractivity contribution in [3.05, 3.63) is 47.3 Å². The largest absolute Gasteiger partial charge is 0.432 e. The van der Waals surface area contributed by atoms with E-state index < -0.39 is 0 Å². The Kier molecular flexibility index (Phi) is 4.10. The minimum atomic E-state index is -0.126. The van der Waals surface area contributed by atoms with Gasteiger partial charge in [0.1, 0.15) is 6.26 Å². The van der Waals surface area contributed by atoms with Crippen LogP contribution in [0.25, 0.3) is 10.9 Å². The highest BCUT2D eigenvalue weighted by atomic mass is 16.4. The third kappa shape index (κ3) is 2.96. The predicted octanol–water partition coefficient (Wildman–Crippen LogP) is 0.703. The topological polar surface area (TPSA) is 87.6 Å². The number of piperazine rings is 1. The van der Waals surface area contributed by atoms with Gasteiger partial charge in [-0.3, -0.25) is 9.36 Å². The second kappa shape index (κ2) is 6.56. The second-order valence-electron chi connectivity index (χ2n) is 5.96. The maximum absolute atomic E-state index is 12.4. The lowest BCUT2D eigenvalue weighted by Crippen LogP contribution is -2.46. The number of fused-ring (bicyclic) bond motifs is 1. The molecule has 8 heteroatoms. The van der Waals surface area contributed by atoms with Gasteiger partial charge < -0.3 is 19.3 Å². The Bertz CT molecular complexity index is 914. The van der Waals surface area contributed by atoms with Crippen molar-refractivity contribution in [3.63, 3.8) is 0 Å². The van der Waals surface area contributed by atoms with Crippen LogP contribution in [0, 0.1) is 0 Å². The number of aromatic nitrogens is 3. The van der Waals surface area contributed by atoms with Crippen LogP contribution in [0.2, 0.25) is 0 Å². The average Bonchev–Trinajstić information content (AvgIpc) is 3.19. The highest BCUT2D eigenvalue weighted by Crippen LogP contribution is 2.22. The molecular formula is C17H19N5O3. The van der Waals surface area contributed by atoms with Crippen LogP contribution in [0.3, 0.4) is 0 Å². The standard InChI is InChI=1S/C17H19N5O3/c23-9-8-22-12-19-15-11-13(1-2-14(15)16(22)24)20-4-6-21(7-5-20)17-18-3-10-25-17/h1-3,10-12,23H,4-9H2. The number of benzene rings is 1. The van der Waals surface area contributed by atoms with Gasteiger partial charge in [0.25, 0.3) is 11.6 Å². The Balaban J connectivity index is 1.54. The summed E-state index contributed by atoms with van der Waals surface area (Å²) in [7, 11) is 0. The average molecular weight is 341 g/mol. The fourth-order valence-electron chi connectivity index (χ4n) is 3.14. The van der Waals surface area contributed by atoms with E-state index in [9.17, 15) is 4.79 Å². The number of anilines is 2. The molecule has 2 aromatic heterocycles. The Morgan fingerprint density at radius 1 is 1.12 bits per heavy atom. The molecule has 1 fully saturated rings. The molecule has 4 rings (SSSR count). The SMILES string of the molecule is O=c1c2ccc(N3CCN(c4ncco4)CC3)cc2ncn1CCO. The number of nitrogens with zero attached hydrogens (tertiary/aromatic N) is 5. The van der Waals surface area contributed by atoms with Gasteiger partial charge in [-0.25, -0.2) is 9.97 Å². The second-order valence-corrected chi connectivity index (χ2v) is 5.96. The number of hydrogen-bond donors (Lipinski definition) is 1. The molecule has 0 aliphatic carbocycles. The molecule has 0 unspecified atom stereocenters. The molecule has 8 nitrogen and oxygen atoms in total. The smallest absolute Gasteiger partial charge is 0.297 e. The molecule has 0 bridgehead atoms. The van der Waals surface area contributed by atoms with Gasteiger partial charge in [-0.1, -0.05) is 0 Å². The van der Waals surface area contributed by atoms with E-state index >= 15 is 0 Å². The summed E-state index contributed by atoms with van der Waals surface area (Å²) in [4.78, 5) is 25.3. The molecule has 3 heterocycles. The number of aliphatic hydroxyl groups is 1. The van der Waals surface area contributed by atoms with Crippen molar-refractivity contribution in [2.75, 3.05) is 42.6 Å². The third-order valence-corrected chi connectivity index (χ3v) is 4.48. The van der Waals surface area contributed by atoms with Crippen LogP contribution in [-0.2, 0) is 6.54 Å². The zero-order valence-corrected chi connectivity index (χ0v) is 13.7. The van der Waals surface area contributed by atoms with Gasteiger partial charge in [-0.15, -0.1) is 0 Å². The van der Waals surface area contributed by atoms with E-state index in [2.05, 4.69) is 19.8 Å². The summed E-state index contributed by atoms with van der Waals surface area (Å²) < 4.78 is 6.77. The van der Waals surface area contributed by atoms with Gasteiger partial charge >= 0.3 is 0 Å². The zero-order valence-electron chi connectivity index (χ0n) is 13.7. The van der Waals surface area contributed by atoms with E-state index in [-0.39, 0.29) is 18.7 Å². The summed E-state index contributed by atoms with van der Waals surface area (Å²) in [5, 5.41) is 9.58. The predicted molar refractivity (Wildman–Crippen MR) is 94.0 cm³/mol. The molecule has 1 aliphatic heterocycles. The van der Waals surface area contributed by atoms with Crippen molar-refractivity contribution < 1.29 is 9.52 Å². The number of oxazole rings is 1. The summed E-state index contributed by atoms with van der Waals surface area (Å²) in [5.74, 6) is 0. The summed E-state index contributed by atoms with van der Waals surface area (Å²) in [6.45, 7) is 3.51. The van der Waals surface area contributed by atoms with Crippen LogP contribution in [0.15, 0.2) is 46.2 Å². The Labute approximate surface area is 143 Å². The fraction of sp³-hybridized carbons (Fsp3) is 0.353. The van der Waals surface area contributed by atoms with E-state index in [0.29, 0.717) is 16.9 Å². The van der Waals surface area contributed by atoms with Gasteiger partial charge in [0.15, 0.2) is 0 Å². The van der Waals surface area contributed by atoms with Crippen LogP contribution < -0.4 is 15.4 Å². The third-order valence-electron chi connectivity index (χ3n) is 4.48. The molecule has 0 saturated carbocycles. The number of rotatable bonds is 4. The first-order valence-electron chi connectivity index (χ1n) is 8.26. The molecule has 0 radical (unpaired) electrons. The van der Waals surface area contributed by atoms with E-state index in [1.54, 1.807) is 12.5 Å². The van der Waals surface area contributed by atoms with Crippen LogP contribution in [0.5, 0.6) is 0 Å². The van der Waals surface area contributed by atoms with E-state index in [1.807, 2.05) is 18.2 Å². The minimum absolute atomic E-state index is 0.0834. The highest BCUT2D eigenvalue weighted by molar-refractivity contribution is 5.81. The molecule has 1 aromatic carbocycles. The van der Waals surface area contributed by atoms with Gasteiger partial charge in [0, 0.05) is 31.9 Å². The first kappa shape index (κ1) is 15.6. The quantitative estimate of drug-likeness (QED) is 0.747. The maximum Gasteiger partial charge on any atom is 0.297 e. The lowest BCUT2D eigenvalue weighted by atomic mass is 10.2. The van der Waals surface area contributed by atoms with Crippen molar-refractivity contribution in [3.8, 4) is 0 Å². The monoisotopic (exact) mass is 341 g/mol. The van der Waals surface area contributed by atoms with Crippen molar-refractivity contribution >= 4 is 22.6 Å². The molecule has 1 saturated heterocycles. The molecule has 0 spiro atoms. The van der Waals surface area contributed by atoms with Crippen LogP contribution in [0.1, 0.15) is 0 Å². The van der Waals surface area contributed by atoms with Gasteiger partial charge in [-0.2, -0.15) is 0 Å². The van der Waals surface area contributed by atoms with Crippen LogP contribution in [0.4, 0.5) is 11.7 Å².